The van der Waals surface area contributed by atoms with Crippen molar-refractivity contribution in [1.82, 2.24) is 14.5 Å². The Labute approximate surface area is 141 Å². The Hall–Kier alpha value is -2.63. The molecule has 1 saturated heterocycles. The van der Waals surface area contributed by atoms with E-state index in [2.05, 4.69) is 29.4 Å². The normalized spacial score (nSPS) is 17.3. The molecule has 2 amide bonds. The molecular weight excluding hydrogens is 304 g/mol. The fraction of sp³-hybridized carbons (Fsp3) is 0.389. The first-order chi connectivity index (χ1) is 11.6. The summed E-state index contributed by atoms with van der Waals surface area (Å²) in [6.07, 6.45) is 4.64. The van der Waals surface area contributed by atoms with Crippen molar-refractivity contribution in [3.63, 3.8) is 0 Å². The second-order valence-electron chi connectivity index (χ2n) is 6.20. The number of likely N-dealkylation sites (tertiary alicyclic amines) is 1. The van der Waals surface area contributed by atoms with Gasteiger partial charge in [0.1, 0.15) is 0 Å². The minimum absolute atomic E-state index is 0.0227. The van der Waals surface area contributed by atoms with Gasteiger partial charge in [0.2, 0.25) is 17.8 Å². The number of nitrogens with zero attached hydrogens (tertiary/aromatic N) is 3. The first-order valence-electron chi connectivity index (χ1n) is 8.20. The van der Waals surface area contributed by atoms with E-state index in [4.69, 9.17) is 0 Å². The largest absolute Gasteiger partial charge is 0.338 e. The van der Waals surface area contributed by atoms with Crippen molar-refractivity contribution >= 4 is 17.8 Å². The highest BCUT2D eigenvalue weighted by Crippen LogP contribution is 2.22. The minimum atomic E-state index is -0.330. The molecule has 1 fully saturated rings. The van der Waals surface area contributed by atoms with Crippen LogP contribution in [0.5, 0.6) is 0 Å². The van der Waals surface area contributed by atoms with Gasteiger partial charge >= 0.3 is 0 Å². The third-order valence-electron chi connectivity index (χ3n) is 4.45. The van der Waals surface area contributed by atoms with Crippen molar-refractivity contribution in [1.29, 1.82) is 0 Å². The van der Waals surface area contributed by atoms with Gasteiger partial charge in [-0.05, 0) is 17.5 Å². The smallest absolute Gasteiger partial charge is 0.232 e. The van der Waals surface area contributed by atoms with E-state index in [-0.39, 0.29) is 24.2 Å². The van der Waals surface area contributed by atoms with Gasteiger partial charge < -0.3 is 9.47 Å². The van der Waals surface area contributed by atoms with Gasteiger partial charge in [0.25, 0.3) is 0 Å². The Kier molecular flexibility index (Phi) is 4.64. The molecule has 0 aliphatic carbocycles. The van der Waals surface area contributed by atoms with Crippen molar-refractivity contribution in [3.05, 3.63) is 47.8 Å². The topological polar surface area (TPSA) is 67.2 Å². The summed E-state index contributed by atoms with van der Waals surface area (Å²) < 4.78 is 1.74. The monoisotopic (exact) mass is 326 g/mol. The number of nitrogens with one attached hydrogen (secondary N) is 1. The Balaban J connectivity index is 1.60. The molecule has 126 valence electrons. The van der Waals surface area contributed by atoms with E-state index >= 15 is 0 Å². The number of aromatic nitrogens is 2. The predicted molar refractivity (Wildman–Crippen MR) is 91.2 cm³/mol. The molecule has 3 rings (SSSR count). The van der Waals surface area contributed by atoms with E-state index in [1.54, 1.807) is 21.9 Å². The summed E-state index contributed by atoms with van der Waals surface area (Å²) in [6, 6.07) is 8.27. The van der Waals surface area contributed by atoms with Crippen LogP contribution < -0.4 is 5.32 Å². The summed E-state index contributed by atoms with van der Waals surface area (Å²) in [7, 11) is 1.81. The molecule has 1 aromatic heterocycles. The minimum Gasteiger partial charge on any atom is -0.338 e. The molecule has 1 aromatic carbocycles. The molecule has 1 atom stereocenters. The van der Waals surface area contributed by atoms with E-state index in [0.717, 1.165) is 12.0 Å². The molecule has 1 N–H and O–H groups in total. The number of carbonyl (C=O) groups is 2. The zero-order valence-corrected chi connectivity index (χ0v) is 14.0. The van der Waals surface area contributed by atoms with Gasteiger partial charge in [-0.3, -0.25) is 14.9 Å². The average molecular weight is 326 g/mol. The highest BCUT2D eigenvalue weighted by Gasteiger charge is 2.34. The third-order valence-corrected chi connectivity index (χ3v) is 4.45. The average Bonchev–Trinajstić information content (AvgIpc) is 3.15. The molecule has 6 heteroatoms. The van der Waals surface area contributed by atoms with Gasteiger partial charge in [-0.25, -0.2) is 4.98 Å². The number of aryl methyl sites for hydroxylation is 2. The fourth-order valence-electron chi connectivity index (χ4n) is 2.90. The maximum absolute atomic E-state index is 12.3. The highest BCUT2D eigenvalue weighted by molar-refractivity contribution is 5.96. The van der Waals surface area contributed by atoms with Gasteiger partial charge in [-0.15, -0.1) is 0 Å². The molecule has 1 aliphatic rings. The molecule has 1 aliphatic heterocycles. The van der Waals surface area contributed by atoms with Crippen molar-refractivity contribution < 1.29 is 9.59 Å². The van der Waals surface area contributed by atoms with Crippen molar-refractivity contribution in [2.45, 2.75) is 26.3 Å². The van der Waals surface area contributed by atoms with Gasteiger partial charge in [0.15, 0.2) is 0 Å². The zero-order chi connectivity index (χ0) is 17.1. The molecule has 1 unspecified atom stereocenters. The van der Waals surface area contributed by atoms with Crippen molar-refractivity contribution in [2.75, 3.05) is 11.9 Å². The van der Waals surface area contributed by atoms with E-state index in [9.17, 15) is 9.59 Å². The maximum Gasteiger partial charge on any atom is 0.232 e. The van der Waals surface area contributed by atoms with Crippen LogP contribution in [0.25, 0.3) is 0 Å². The SMILES string of the molecule is CCc1ccc(CN2CC(C(=O)Nc3nccn3C)CC2=O)cc1. The lowest BCUT2D eigenvalue weighted by Crippen LogP contribution is -2.28. The number of benzene rings is 1. The predicted octanol–water partition coefficient (Wildman–Crippen LogP) is 1.97. The summed E-state index contributed by atoms with van der Waals surface area (Å²) in [6.45, 7) is 3.11. The summed E-state index contributed by atoms with van der Waals surface area (Å²) in [5.41, 5.74) is 2.37. The Morgan fingerprint density at radius 1 is 1.29 bits per heavy atom. The van der Waals surface area contributed by atoms with Crippen LogP contribution in [0.4, 0.5) is 5.95 Å². The molecule has 2 aromatic rings. The van der Waals surface area contributed by atoms with Crippen LogP contribution in [0.1, 0.15) is 24.5 Å². The number of hydrogen-bond donors (Lipinski definition) is 1. The highest BCUT2D eigenvalue weighted by atomic mass is 16.2. The summed E-state index contributed by atoms with van der Waals surface area (Å²) >= 11 is 0. The van der Waals surface area contributed by atoms with Crippen LogP contribution in [0.15, 0.2) is 36.7 Å². The maximum atomic E-state index is 12.3. The van der Waals surface area contributed by atoms with Crippen LogP contribution in [0, 0.1) is 5.92 Å². The molecule has 0 bridgehead atoms. The quantitative estimate of drug-likeness (QED) is 0.913. The molecule has 0 saturated carbocycles. The van der Waals surface area contributed by atoms with Crippen molar-refractivity contribution in [2.24, 2.45) is 13.0 Å². The van der Waals surface area contributed by atoms with E-state index in [1.807, 2.05) is 19.2 Å². The summed E-state index contributed by atoms with van der Waals surface area (Å²) in [5.74, 6) is 0.0428. The number of hydrogen-bond acceptors (Lipinski definition) is 3. The van der Waals surface area contributed by atoms with E-state index in [0.29, 0.717) is 19.0 Å². The van der Waals surface area contributed by atoms with Crippen LogP contribution in [0.3, 0.4) is 0 Å². The molecular formula is C18H22N4O2. The number of carbonyl (C=O) groups excluding carboxylic acids is 2. The van der Waals surface area contributed by atoms with Crippen LogP contribution in [-0.2, 0) is 29.6 Å². The third kappa shape index (κ3) is 3.48. The lowest BCUT2D eigenvalue weighted by atomic mass is 10.1. The van der Waals surface area contributed by atoms with Crippen molar-refractivity contribution in [3.8, 4) is 0 Å². The van der Waals surface area contributed by atoms with Gasteiger partial charge in [-0.1, -0.05) is 31.2 Å². The first-order valence-corrected chi connectivity index (χ1v) is 8.20. The molecule has 0 radical (unpaired) electrons. The Bertz CT molecular complexity index is 736. The molecule has 24 heavy (non-hydrogen) atoms. The van der Waals surface area contributed by atoms with Gasteiger partial charge in [0, 0.05) is 39.0 Å². The van der Waals surface area contributed by atoms with Gasteiger partial charge in [0.05, 0.1) is 5.92 Å². The second kappa shape index (κ2) is 6.86. The fourth-order valence-corrected chi connectivity index (χ4v) is 2.90. The number of amides is 2. The van der Waals surface area contributed by atoms with Crippen LogP contribution in [0.2, 0.25) is 0 Å². The zero-order valence-electron chi connectivity index (χ0n) is 14.0. The summed E-state index contributed by atoms with van der Waals surface area (Å²) in [5, 5.41) is 2.79. The number of anilines is 1. The standard InChI is InChI=1S/C18H22N4O2/c1-3-13-4-6-14(7-5-13)11-22-12-15(10-16(22)23)17(24)20-18-19-8-9-21(18)2/h4-9,15H,3,10-12H2,1-2H3,(H,19,20,24). The molecule has 6 nitrogen and oxygen atoms in total. The Morgan fingerprint density at radius 2 is 2.00 bits per heavy atom. The number of imidazole rings is 1. The van der Waals surface area contributed by atoms with E-state index in [1.165, 1.54) is 5.56 Å². The molecule has 2 heterocycles. The number of rotatable bonds is 5. The van der Waals surface area contributed by atoms with Crippen LogP contribution in [-0.4, -0.2) is 32.8 Å². The summed E-state index contributed by atoms with van der Waals surface area (Å²) in [4.78, 5) is 30.4. The van der Waals surface area contributed by atoms with Crippen LogP contribution >= 0.6 is 0 Å². The van der Waals surface area contributed by atoms with E-state index < -0.39 is 0 Å². The Morgan fingerprint density at radius 3 is 2.62 bits per heavy atom. The first kappa shape index (κ1) is 16.2. The molecule has 0 spiro atoms. The van der Waals surface area contributed by atoms with Gasteiger partial charge in [-0.2, -0.15) is 0 Å². The lowest BCUT2D eigenvalue weighted by Gasteiger charge is -2.17. The lowest BCUT2D eigenvalue weighted by molar-refractivity contribution is -0.128. The second-order valence-corrected chi connectivity index (χ2v) is 6.20.